The van der Waals surface area contributed by atoms with Gasteiger partial charge < -0.3 is 14.4 Å². The molecule has 2 aromatic rings. The largest absolute Gasteiger partial charge is 0.477 e. The summed E-state index contributed by atoms with van der Waals surface area (Å²) in [5, 5.41) is 4.07. The Morgan fingerprint density at radius 3 is 3.00 bits per heavy atom. The zero-order valence-electron chi connectivity index (χ0n) is 15.8. The minimum absolute atomic E-state index is 0.0210. The summed E-state index contributed by atoms with van der Waals surface area (Å²) in [6.07, 6.45) is 7.95. The van der Waals surface area contributed by atoms with Crippen molar-refractivity contribution in [2.75, 3.05) is 26.3 Å². The van der Waals surface area contributed by atoms with E-state index >= 15 is 0 Å². The molecule has 1 spiro atoms. The zero-order valence-corrected chi connectivity index (χ0v) is 15.8. The number of rotatable bonds is 5. The molecule has 1 unspecified atom stereocenters. The minimum atomic E-state index is -0.194. The van der Waals surface area contributed by atoms with Crippen molar-refractivity contribution in [2.24, 2.45) is 13.0 Å². The number of amides is 1. The van der Waals surface area contributed by atoms with E-state index in [1.165, 1.54) is 0 Å². The van der Waals surface area contributed by atoms with Gasteiger partial charge in [-0.2, -0.15) is 5.10 Å². The van der Waals surface area contributed by atoms with Gasteiger partial charge in [-0.1, -0.05) is 0 Å². The van der Waals surface area contributed by atoms with Crippen molar-refractivity contribution in [1.82, 2.24) is 24.6 Å². The second-order valence-corrected chi connectivity index (χ2v) is 7.53. The highest BCUT2D eigenvalue weighted by Crippen LogP contribution is 2.38. The number of carbonyl (C=O) groups is 1. The van der Waals surface area contributed by atoms with Crippen LogP contribution in [-0.4, -0.2) is 62.5 Å². The molecular formula is C19H25N5O3. The summed E-state index contributed by atoms with van der Waals surface area (Å²) >= 11 is 0. The lowest BCUT2D eigenvalue weighted by atomic mass is 9.79. The molecule has 0 radical (unpaired) electrons. The molecule has 4 heterocycles. The van der Waals surface area contributed by atoms with Crippen LogP contribution in [0.4, 0.5) is 0 Å². The minimum Gasteiger partial charge on any atom is -0.477 e. The number of aromatic nitrogens is 4. The van der Waals surface area contributed by atoms with Gasteiger partial charge in [-0.3, -0.25) is 14.5 Å². The molecule has 4 rings (SSSR count). The highest BCUT2D eigenvalue weighted by Gasteiger charge is 2.49. The fourth-order valence-corrected chi connectivity index (χ4v) is 3.97. The highest BCUT2D eigenvalue weighted by atomic mass is 16.5. The van der Waals surface area contributed by atoms with Gasteiger partial charge in [-0.15, -0.1) is 0 Å². The first-order valence-corrected chi connectivity index (χ1v) is 9.37. The van der Waals surface area contributed by atoms with Crippen LogP contribution in [0, 0.1) is 12.8 Å². The molecule has 2 aliphatic heterocycles. The van der Waals surface area contributed by atoms with Crippen LogP contribution in [0.25, 0.3) is 0 Å². The number of carbonyl (C=O) groups excluding carboxylic acids is 1. The van der Waals surface area contributed by atoms with Gasteiger partial charge >= 0.3 is 0 Å². The van der Waals surface area contributed by atoms with Crippen LogP contribution in [0.5, 0.6) is 5.88 Å². The standard InChI is InChI=1S/C19H25N5O3/c1-14-10-20-11-17(22-14)26-7-4-15-5-8-27-19(9-15)12-24(13-19)18(25)16-3-6-21-23(16)2/h3,6,10-11,15H,4-5,7-9,12-13H2,1-2H3. The Labute approximate surface area is 158 Å². The molecule has 8 heteroatoms. The Balaban J connectivity index is 1.26. The predicted octanol–water partition coefficient (Wildman–Crippen LogP) is 1.61. The molecule has 0 bridgehead atoms. The summed E-state index contributed by atoms with van der Waals surface area (Å²) in [4.78, 5) is 22.8. The molecular weight excluding hydrogens is 346 g/mol. The number of hydrogen-bond acceptors (Lipinski definition) is 6. The van der Waals surface area contributed by atoms with Crippen molar-refractivity contribution < 1.29 is 14.3 Å². The first kappa shape index (κ1) is 17.9. The first-order valence-electron chi connectivity index (χ1n) is 9.37. The monoisotopic (exact) mass is 371 g/mol. The number of hydrogen-bond donors (Lipinski definition) is 0. The lowest BCUT2D eigenvalue weighted by Gasteiger charge is -2.53. The van der Waals surface area contributed by atoms with Crippen LogP contribution in [0.3, 0.4) is 0 Å². The van der Waals surface area contributed by atoms with Gasteiger partial charge in [0, 0.05) is 26.0 Å². The Kier molecular flexibility index (Phi) is 4.82. The van der Waals surface area contributed by atoms with Crippen molar-refractivity contribution in [1.29, 1.82) is 0 Å². The van der Waals surface area contributed by atoms with Crippen LogP contribution in [0.2, 0.25) is 0 Å². The lowest BCUT2D eigenvalue weighted by molar-refractivity contribution is -0.167. The Morgan fingerprint density at radius 1 is 1.41 bits per heavy atom. The number of ether oxygens (including phenoxy) is 2. The Bertz CT molecular complexity index is 815. The molecule has 0 saturated carbocycles. The molecule has 1 atom stereocenters. The van der Waals surface area contributed by atoms with Gasteiger partial charge in [0.1, 0.15) is 11.3 Å². The van der Waals surface area contributed by atoms with Crippen molar-refractivity contribution in [3.05, 3.63) is 36.0 Å². The van der Waals surface area contributed by atoms with E-state index in [1.807, 2.05) is 11.8 Å². The van der Waals surface area contributed by atoms with Crippen LogP contribution >= 0.6 is 0 Å². The maximum absolute atomic E-state index is 12.5. The third-order valence-electron chi connectivity index (χ3n) is 5.39. The third kappa shape index (κ3) is 3.80. The van der Waals surface area contributed by atoms with Crippen LogP contribution in [0.1, 0.15) is 35.4 Å². The molecule has 2 saturated heterocycles. The molecule has 1 amide bonds. The summed E-state index contributed by atoms with van der Waals surface area (Å²) in [7, 11) is 1.79. The summed E-state index contributed by atoms with van der Waals surface area (Å²) in [6, 6.07) is 1.75. The molecule has 144 valence electrons. The summed E-state index contributed by atoms with van der Waals surface area (Å²) in [5.74, 6) is 1.13. The summed E-state index contributed by atoms with van der Waals surface area (Å²) in [5.41, 5.74) is 1.27. The van der Waals surface area contributed by atoms with E-state index in [0.717, 1.165) is 31.6 Å². The maximum atomic E-state index is 12.5. The second-order valence-electron chi connectivity index (χ2n) is 7.53. The lowest BCUT2D eigenvalue weighted by Crippen LogP contribution is -2.66. The second kappa shape index (κ2) is 7.26. The molecule has 2 aliphatic rings. The van der Waals surface area contributed by atoms with Gasteiger partial charge in [0.15, 0.2) is 0 Å². The number of aryl methyl sites for hydroxylation is 2. The van der Waals surface area contributed by atoms with E-state index < -0.39 is 0 Å². The van der Waals surface area contributed by atoms with E-state index in [9.17, 15) is 4.79 Å². The average Bonchev–Trinajstić information content (AvgIpc) is 3.05. The smallest absolute Gasteiger partial charge is 0.272 e. The highest BCUT2D eigenvalue weighted by molar-refractivity contribution is 5.93. The molecule has 8 nitrogen and oxygen atoms in total. The van der Waals surface area contributed by atoms with E-state index in [4.69, 9.17) is 9.47 Å². The molecule has 27 heavy (non-hydrogen) atoms. The average molecular weight is 371 g/mol. The fraction of sp³-hybridized carbons (Fsp3) is 0.579. The summed E-state index contributed by atoms with van der Waals surface area (Å²) < 4.78 is 13.4. The molecule has 0 aromatic carbocycles. The SMILES string of the molecule is Cc1cncc(OCCC2CCOC3(C2)CN(C(=O)c2ccnn2C)C3)n1. The van der Waals surface area contributed by atoms with Crippen molar-refractivity contribution in [3.8, 4) is 5.88 Å². The predicted molar refractivity (Wildman–Crippen MR) is 97.4 cm³/mol. The van der Waals surface area contributed by atoms with Crippen LogP contribution < -0.4 is 4.74 Å². The van der Waals surface area contributed by atoms with Gasteiger partial charge in [0.05, 0.1) is 31.6 Å². The number of likely N-dealkylation sites (tertiary alicyclic amines) is 1. The van der Waals surface area contributed by atoms with Crippen molar-refractivity contribution >= 4 is 5.91 Å². The summed E-state index contributed by atoms with van der Waals surface area (Å²) in [6.45, 7) is 4.56. The van der Waals surface area contributed by atoms with Gasteiger partial charge in [0.25, 0.3) is 5.91 Å². The molecule has 0 aliphatic carbocycles. The topological polar surface area (TPSA) is 82.4 Å². The van der Waals surface area contributed by atoms with Crippen molar-refractivity contribution in [3.63, 3.8) is 0 Å². The van der Waals surface area contributed by atoms with Crippen LogP contribution in [0.15, 0.2) is 24.7 Å². The first-order chi connectivity index (χ1) is 13.0. The van der Waals surface area contributed by atoms with Gasteiger partial charge in [-0.25, -0.2) is 4.98 Å². The Hall–Kier alpha value is -2.48. The maximum Gasteiger partial charge on any atom is 0.272 e. The van der Waals surface area contributed by atoms with E-state index in [-0.39, 0.29) is 11.5 Å². The quantitative estimate of drug-likeness (QED) is 0.794. The van der Waals surface area contributed by atoms with Crippen LogP contribution in [-0.2, 0) is 11.8 Å². The molecule has 2 fully saturated rings. The third-order valence-corrected chi connectivity index (χ3v) is 5.39. The Morgan fingerprint density at radius 2 is 2.26 bits per heavy atom. The molecule has 2 aromatic heterocycles. The van der Waals surface area contributed by atoms with E-state index in [0.29, 0.717) is 37.2 Å². The van der Waals surface area contributed by atoms with E-state index in [2.05, 4.69) is 15.1 Å². The normalized spacial score (nSPS) is 21.1. The molecule has 0 N–H and O–H groups in total. The van der Waals surface area contributed by atoms with E-state index in [1.54, 1.807) is 36.4 Å². The fourth-order valence-electron chi connectivity index (χ4n) is 3.97. The van der Waals surface area contributed by atoms with Gasteiger partial charge in [-0.05, 0) is 38.2 Å². The van der Waals surface area contributed by atoms with Crippen molar-refractivity contribution in [2.45, 2.75) is 31.8 Å². The van der Waals surface area contributed by atoms with Gasteiger partial charge in [0.2, 0.25) is 5.88 Å². The number of nitrogens with zero attached hydrogens (tertiary/aromatic N) is 5. The zero-order chi connectivity index (χ0) is 18.9.